The molecule has 0 aliphatic rings. The van der Waals surface area contributed by atoms with E-state index in [9.17, 15) is 18.0 Å². The normalized spacial score (nSPS) is 12.7. The standard InChI is InChI=1S/C22H23F3N4O/c1-4-17(9-10-19-26-12-16(13-27-19)22(23,24)25)29(3)21(30)20-18-8-6-5-7-15(18)11-14(2)28-20/h5-8,11-13,17H,4,9-10H2,1-3H3/t17-/m0/s1. The lowest BCUT2D eigenvalue weighted by Crippen LogP contribution is -2.37. The van der Waals surface area contributed by atoms with Crippen molar-refractivity contribution >= 4 is 16.7 Å². The van der Waals surface area contributed by atoms with Crippen LogP contribution in [0.5, 0.6) is 0 Å². The Morgan fingerprint density at radius 3 is 2.47 bits per heavy atom. The van der Waals surface area contributed by atoms with E-state index in [4.69, 9.17) is 0 Å². The van der Waals surface area contributed by atoms with Gasteiger partial charge in [-0.2, -0.15) is 13.2 Å². The van der Waals surface area contributed by atoms with Crippen LogP contribution in [0.15, 0.2) is 42.7 Å². The van der Waals surface area contributed by atoms with Crippen LogP contribution in [0.4, 0.5) is 13.2 Å². The number of rotatable bonds is 6. The highest BCUT2D eigenvalue weighted by Gasteiger charge is 2.31. The molecule has 1 atom stereocenters. The van der Waals surface area contributed by atoms with Gasteiger partial charge in [0.2, 0.25) is 0 Å². The highest BCUT2D eigenvalue weighted by atomic mass is 19.4. The van der Waals surface area contributed by atoms with Crippen LogP contribution in [-0.4, -0.2) is 38.8 Å². The lowest BCUT2D eigenvalue weighted by Gasteiger charge is -2.27. The summed E-state index contributed by atoms with van der Waals surface area (Å²) >= 11 is 0. The Kier molecular flexibility index (Phi) is 6.34. The molecule has 0 fully saturated rings. The summed E-state index contributed by atoms with van der Waals surface area (Å²) in [6.45, 7) is 3.81. The molecule has 0 unspecified atom stereocenters. The summed E-state index contributed by atoms with van der Waals surface area (Å²) in [5, 5.41) is 1.74. The maximum Gasteiger partial charge on any atom is 0.419 e. The van der Waals surface area contributed by atoms with Crippen molar-refractivity contribution in [1.29, 1.82) is 0 Å². The van der Waals surface area contributed by atoms with Crippen LogP contribution in [0, 0.1) is 6.92 Å². The molecule has 8 heteroatoms. The van der Waals surface area contributed by atoms with Gasteiger partial charge in [0.25, 0.3) is 5.91 Å². The zero-order valence-corrected chi connectivity index (χ0v) is 17.1. The molecule has 2 heterocycles. The smallest absolute Gasteiger partial charge is 0.337 e. The summed E-state index contributed by atoms with van der Waals surface area (Å²) in [6, 6.07) is 9.42. The number of hydrogen-bond acceptors (Lipinski definition) is 4. The molecule has 0 bridgehead atoms. The largest absolute Gasteiger partial charge is 0.419 e. The Hall–Kier alpha value is -3.03. The van der Waals surface area contributed by atoms with Gasteiger partial charge in [-0.05, 0) is 31.2 Å². The molecule has 2 aromatic heterocycles. The van der Waals surface area contributed by atoms with Gasteiger partial charge in [0.1, 0.15) is 11.5 Å². The molecular formula is C22H23F3N4O. The van der Waals surface area contributed by atoms with Gasteiger partial charge in [-0.3, -0.25) is 4.79 Å². The monoisotopic (exact) mass is 416 g/mol. The van der Waals surface area contributed by atoms with Crippen LogP contribution < -0.4 is 0 Å². The molecule has 0 radical (unpaired) electrons. The molecular weight excluding hydrogens is 393 g/mol. The fraction of sp³-hybridized carbons (Fsp3) is 0.364. The number of pyridine rings is 1. The van der Waals surface area contributed by atoms with Crippen molar-refractivity contribution in [2.75, 3.05) is 7.05 Å². The van der Waals surface area contributed by atoms with Crippen molar-refractivity contribution in [2.24, 2.45) is 0 Å². The molecule has 0 spiro atoms. The van der Waals surface area contributed by atoms with Crippen molar-refractivity contribution in [3.05, 3.63) is 65.5 Å². The summed E-state index contributed by atoms with van der Waals surface area (Å²) in [7, 11) is 1.73. The summed E-state index contributed by atoms with van der Waals surface area (Å²) in [5.74, 6) is 0.136. The molecule has 0 N–H and O–H groups in total. The third-order valence-corrected chi connectivity index (χ3v) is 5.14. The SMILES string of the molecule is CC[C@@H](CCc1ncc(C(F)(F)F)cn1)N(C)C(=O)c1nc(C)cc2ccccc12. The Morgan fingerprint density at radius 2 is 1.83 bits per heavy atom. The Balaban J connectivity index is 1.75. The third kappa shape index (κ3) is 4.75. The van der Waals surface area contributed by atoms with E-state index >= 15 is 0 Å². The maximum atomic E-state index is 13.2. The van der Waals surface area contributed by atoms with Crippen molar-refractivity contribution < 1.29 is 18.0 Å². The zero-order chi connectivity index (χ0) is 21.9. The lowest BCUT2D eigenvalue weighted by atomic mass is 10.0. The van der Waals surface area contributed by atoms with Gasteiger partial charge in [-0.1, -0.05) is 31.2 Å². The van der Waals surface area contributed by atoms with Crippen molar-refractivity contribution in [3.63, 3.8) is 0 Å². The first kappa shape index (κ1) is 21.7. The second kappa shape index (κ2) is 8.77. The number of benzene rings is 1. The van der Waals surface area contributed by atoms with E-state index in [0.717, 1.165) is 28.9 Å². The van der Waals surface area contributed by atoms with E-state index < -0.39 is 11.7 Å². The topological polar surface area (TPSA) is 59.0 Å². The molecule has 158 valence electrons. The summed E-state index contributed by atoms with van der Waals surface area (Å²) < 4.78 is 38.0. The maximum absolute atomic E-state index is 13.2. The molecule has 5 nitrogen and oxygen atoms in total. The van der Waals surface area contributed by atoms with Crippen LogP contribution in [0.3, 0.4) is 0 Å². The van der Waals surface area contributed by atoms with E-state index in [1.165, 1.54) is 0 Å². The molecule has 1 aromatic carbocycles. The van der Waals surface area contributed by atoms with Gasteiger partial charge < -0.3 is 4.90 Å². The first-order chi connectivity index (χ1) is 14.2. The quantitative estimate of drug-likeness (QED) is 0.577. The Bertz CT molecular complexity index is 1030. The van der Waals surface area contributed by atoms with Crippen LogP contribution in [0.25, 0.3) is 10.8 Å². The second-order valence-electron chi connectivity index (χ2n) is 7.24. The van der Waals surface area contributed by atoms with E-state index in [2.05, 4.69) is 15.0 Å². The first-order valence-corrected chi connectivity index (χ1v) is 9.72. The van der Waals surface area contributed by atoms with E-state index in [1.54, 1.807) is 11.9 Å². The number of amides is 1. The van der Waals surface area contributed by atoms with Crippen molar-refractivity contribution in [3.8, 4) is 0 Å². The van der Waals surface area contributed by atoms with E-state index in [-0.39, 0.29) is 11.9 Å². The summed E-state index contributed by atoms with van der Waals surface area (Å²) in [4.78, 5) is 26.9. The molecule has 0 saturated carbocycles. The van der Waals surface area contributed by atoms with Crippen LogP contribution in [-0.2, 0) is 12.6 Å². The molecule has 0 aliphatic carbocycles. The number of aryl methyl sites for hydroxylation is 2. The third-order valence-electron chi connectivity index (χ3n) is 5.14. The predicted octanol–water partition coefficient (Wildman–Crippen LogP) is 4.84. The molecule has 3 aromatic rings. The van der Waals surface area contributed by atoms with E-state index in [1.807, 2.05) is 44.2 Å². The molecule has 30 heavy (non-hydrogen) atoms. The van der Waals surface area contributed by atoms with Crippen molar-refractivity contribution in [1.82, 2.24) is 19.9 Å². The van der Waals surface area contributed by atoms with E-state index in [0.29, 0.717) is 30.8 Å². The molecule has 1 amide bonds. The van der Waals surface area contributed by atoms with Gasteiger partial charge in [-0.25, -0.2) is 15.0 Å². The Labute approximate surface area is 173 Å². The molecule has 0 saturated heterocycles. The second-order valence-corrected chi connectivity index (χ2v) is 7.24. The summed E-state index contributed by atoms with van der Waals surface area (Å²) in [6.07, 6.45) is -1.28. The van der Waals surface area contributed by atoms with Gasteiger partial charge in [0.05, 0.1) is 5.56 Å². The van der Waals surface area contributed by atoms with Crippen LogP contribution in [0.2, 0.25) is 0 Å². The van der Waals surface area contributed by atoms with Crippen LogP contribution >= 0.6 is 0 Å². The summed E-state index contributed by atoms with van der Waals surface area (Å²) in [5.41, 5.74) is 0.289. The van der Waals surface area contributed by atoms with Crippen molar-refractivity contribution in [2.45, 2.75) is 45.3 Å². The number of aromatic nitrogens is 3. The Morgan fingerprint density at radius 1 is 1.17 bits per heavy atom. The predicted molar refractivity (Wildman–Crippen MR) is 108 cm³/mol. The minimum atomic E-state index is -4.46. The fourth-order valence-corrected chi connectivity index (χ4v) is 3.43. The van der Waals surface area contributed by atoms with Gasteiger partial charge in [-0.15, -0.1) is 0 Å². The highest BCUT2D eigenvalue weighted by molar-refractivity contribution is 6.05. The highest BCUT2D eigenvalue weighted by Crippen LogP contribution is 2.28. The minimum Gasteiger partial charge on any atom is -0.337 e. The average Bonchev–Trinajstić information content (AvgIpc) is 2.72. The average molecular weight is 416 g/mol. The number of hydrogen-bond donors (Lipinski definition) is 0. The lowest BCUT2D eigenvalue weighted by molar-refractivity contribution is -0.138. The number of nitrogens with zero attached hydrogens (tertiary/aromatic N) is 4. The van der Waals surface area contributed by atoms with Gasteiger partial charge in [0, 0.05) is 43.0 Å². The fourth-order valence-electron chi connectivity index (χ4n) is 3.43. The minimum absolute atomic E-state index is 0.121. The number of carbonyl (C=O) groups excluding carboxylic acids is 1. The zero-order valence-electron chi connectivity index (χ0n) is 17.1. The number of carbonyl (C=O) groups is 1. The number of fused-ring (bicyclic) bond motifs is 1. The number of alkyl halides is 3. The van der Waals surface area contributed by atoms with Gasteiger partial charge in [0.15, 0.2) is 0 Å². The van der Waals surface area contributed by atoms with Crippen LogP contribution in [0.1, 0.15) is 47.3 Å². The molecule has 0 aliphatic heterocycles. The number of halogens is 3. The van der Waals surface area contributed by atoms with Gasteiger partial charge >= 0.3 is 6.18 Å². The first-order valence-electron chi connectivity index (χ1n) is 9.72. The molecule has 3 rings (SSSR count).